The Morgan fingerprint density at radius 3 is 0.644 bits per heavy atom. The van der Waals surface area contributed by atoms with Crippen molar-refractivity contribution in [2.45, 2.75) is 52.4 Å². The Balaban J connectivity index is 0.00000520. The number of nitrogens with zero attached hydrogens (tertiary/aromatic N) is 6. The van der Waals surface area contributed by atoms with Crippen molar-refractivity contribution in [2.75, 3.05) is 0 Å². The Hall–Kier alpha value is -13.2. The van der Waals surface area contributed by atoms with Crippen molar-refractivity contribution in [1.82, 2.24) is 29.9 Å². The van der Waals surface area contributed by atoms with Crippen LogP contribution in [0.5, 0.6) is 0 Å². The van der Waals surface area contributed by atoms with Crippen LogP contribution >= 0.6 is 0 Å². The zero-order valence-corrected chi connectivity index (χ0v) is 70.8. The van der Waals surface area contributed by atoms with Gasteiger partial charge in [0.15, 0.2) is 0 Å². The van der Waals surface area contributed by atoms with Crippen molar-refractivity contribution in [3.05, 3.63) is 412 Å². The maximum atomic E-state index is 5.13. The zero-order chi connectivity index (χ0) is 78.7. The third kappa shape index (κ3) is 16.7. The molecule has 0 saturated carbocycles. The van der Waals surface area contributed by atoms with E-state index >= 15 is 0 Å². The predicted molar refractivity (Wildman–Crippen MR) is 476 cm³/mol. The first-order valence-corrected chi connectivity index (χ1v) is 39.2. The summed E-state index contributed by atoms with van der Waals surface area (Å²) in [6.07, 6.45) is 11.3. The molecule has 566 valence electrons. The van der Waals surface area contributed by atoms with E-state index in [9.17, 15) is 0 Å². The van der Waals surface area contributed by atoms with Crippen LogP contribution in [0, 0.1) is 36.4 Å². The second-order valence-corrected chi connectivity index (χ2v) is 31.3. The minimum Gasteiger partial charge on any atom is -0.357 e. The van der Waals surface area contributed by atoms with Crippen LogP contribution in [-0.2, 0) is 51.0 Å². The number of pyridine rings is 6. The fourth-order valence-corrected chi connectivity index (χ4v) is 15.5. The molecule has 0 aliphatic rings. The summed E-state index contributed by atoms with van der Waals surface area (Å²) in [6, 6.07) is 137. The van der Waals surface area contributed by atoms with Gasteiger partial charge in [-0.15, -0.1) is 131 Å². The molecule has 18 rings (SSSR count). The summed E-state index contributed by atoms with van der Waals surface area (Å²) in [5, 5.41) is 0. The number of rotatable bonds is 17. The SMILES string of the molecule is CC(C)(C)c1ccnc(-c2[c-]cc(-c3ccccc3-c3cc(-c4ccccc4-c4c[c-]c(-c5cc(C(C)(C)C)ccn5)cc4)cc(-c4ccccc4-c4c[c-]c(-c5[c-]cc(-c6ccccc6-c6cc(-c7ccccc7-c7c[c-]c(-c8ccccn8)cc7)cc(-c7ccccc7-c7c[c-]c(-c8ccccn8)cc7)c6)cn5)nc4)c3)cc2)c1.[Ir+3].[Ir+3]. The van der Waals surface area contributed by atoms with Crippen LogP contribution in [0.3, 0.4) is 0 Å². The van der Waals surface area contributed by atoms with E-state index in [1.54, 1.807) is 0 Å². The summed E-state index contributed by atoms with van der Waals surface area (Å²) >= 11 is 0. The van der Waals surface area contributed by atoms with Crippen LogP contribution in [0.1, 0.15) is 52.7 Å². The fourth-order valence-electron chi connectivity index (χ4n) is 15.5. The van der Waals surface area contributed by atoms with Gasteiger partial charge in [-0.2, -0.15) is 12.1 Å². The van der Waals surface area contributed by atoms with Crippen LogP contribution in [0.2, 0.25) is 0 Å². The molecule has 0 atom stereocenters. The molecule has 118 heavy (non-hydrogen) atoms. The number of benzene rings is 12. The van der Waals surface area contributed by atoms with Crippen LogP contribution in [0.4, 0.5) is 0 Å². The predicted octanol–water partition coefficient (Wildman–Crippen LogP) is 27.8. The van der Waals surface area contributed by atoms with Crippen molar-refractivity contribution in [1.29, 1.82) is 0 Å². The Kier molecular flexibility index (Phi) is 22.9. The quantitative estimate of drug-likeness (QED) is 0.0846. The van der Waals surface area contributed by atoms with Gasteiger partial charge in [-0.05, 0) is 185 Å². The van der Waals surface area contributed by atoms with Gasteiger partial charge in [-0.1, -0.05) is 290 Å². The molecule has 0 fully saturated rings. The molecule has 0 aliphatic carbocycles. The number of hydrogen-bond donors (Lipinski definition) is 0. The third-order valence-corrected chi connectivity index (χ3v) is 21.7. The third-order valence-electron chi connectivity index (χ3n) is 21.7. The Bertz CT molecular complexity index is 6290. The Labute approximate surface area is 719 Å². The summed E-state index contributed by atoms with van der Waals surface area (Å²) in [7, 11) is 0. The van der Waals surface area contributed by atoms with Gasteiger partial charge < -0.3 is 29.9 Å². The van der Waals surface area contributed by atoms with Gasteiger partial charge in [-0.3, -0.25) is 0 Å². The normalized spacial score (nSPS) is 11.3. The Morgan fingerprint density at radius 1 is 0.195 bits per heavy atom. The Morgan fingerprint density at radius 2 is 0.424 bits per heavy atom. The van der Waals surface area contributed by atoms with E-state index in [0.29, 0.717) is 11.4 Å². The molecule has 0 unspecified atom stereocenters. The van der Waals surface area contributed by atoms with Crippen molar-refractivity contribution >= 4 is 0 Å². The van der Waals surface area contributed by atoms with E-state index in [4.69, 9.17) is 19.9 Å². The summed E-state index contributed by atoms with van der Waals surface area (Å²) in [4.78, 5) is 29.1. The van der Waals surface area contributed by atoms with E-state index < -0.39 is 0 Å². The molecule has 6 aromatic heterocycles. The molecule has 0 N–H and O–H groups in total. The van der Waals surface area contributed by atoms with Crippen LogP contribution in [0.15, 0.2) is 365 Å². The van der Waals surface area contributed by atoms with Crippen LogP contribution in [-0.4, -0.2) is 29.9 Å². The molecule has 0 spiro atoms. The molecule has 0 aliphatic heterocycles. The summed E-state index contributed by atoms with van der Waals surface area (Å²) < 4.78 is 0. The first kappa shape index (κ1) is 78.7. The van der Waals surface area contributed by atoms with Crippen molar-refractivity contribution < 1.29 is 40.2 Å². The first-order valence-electron chi connectivity index (χ1n) is 39.2. The maximum Gasteiger partial charge on any atom is 3.00 e. The largest absolute Gasteiger partial charge is 3.00 e. The monoisotopic (exact) mass is 1870 g/mol. The summed E-state index contributed by atoms with van der Waals surface area (Å²) in [5.74, 6) is 0. The van der Waals surface area contributed by atoms with Gasteiger partial charge in [0.05, 0.1) is 0 Å². The molecule has 6 heterocycles. The zero-order valence-electron chi connectivity index (χ0n) is 66.0. The maximum absolute atomic E-state index is 5.13. The van der Waals surface area contributed by atoms with Crippen molar-refractivity contribution in [2.24, 2.45) is 0 Å². The molecular weight excluding hydrogens is 1790 g/mol. The van der Waals surface area contributed by atoms with E-state index in [1.165, 1.54) is 11.1 Å². The smallest absolute Gasteiger partial charge is 0.357 e. The second kappa shape index (κ2) is 34.3. The van der Waals surface area contributed by atoms with Crippen LogP contribution < -0.4 is 0 Å². The van der Waals surface area contributed by atoms with Crippen molar-refractivity contribution in [3.63, 3.8) is 0 Å². The van der Waals surface area contributed by atoms with Gasteiger partial charge in [0.25, 0.3) is 0 Å². The standard InChI is InChI=1S/C110H78N6.2Ir/c1-109(2,3)89-57-61-113-107(69-89)79-49-41-75(42-50-79)93-25-9-15-31-99(93)85-64-86(100-32-16-10-26-94(100)76-43-51-80(52-44-76)108-70-90(58-62-114-108)110(4,5)6)68-88(67-85)102-34-18-12-28-96(102)82-54-56-106(116-72-82)105-55-53-81(71-115-105)95-27-11-17-33-101(95)87-65-83(97-29-13-7-23-91(97)73-37-45-77(46-38-73)103-35-19-21-59-111-103)63-84(66-87)98-30-14-8-24-92(98)74-39-47-78(48-40-74)104-36-20-22-60-112-104;;/h7-45,47,49,51,53-54,57-72H,1-6H3;;/q-6;2*+3. The molecule has 8 heteroatoms. The fraction of sp³-hybridized carbons (Fsp3) is 0.0727. The minimum absolute atomic E-state index is 0. The average Bonchev–Trinajstić information content (AvgIpc) is 0.770. The molecule has 0 saturated heterocycles. The van der Waals surface area contributed by atoms with Gasteiger partial charge in [0.1, 0.15) is 0 Å². The molecule has 0 amide bonds. The van der Waals surface area contributed by atoms with E-state index in [-0.39, 0.29) is 51.0 Å². The second-order valence-electron chi connectivity index (χ2n) is 31.3. The van der Waals surface area contributed by atoms with Gasteiger partial charge in [-0.25, -0.2) is 12.1 Å². The van der Waals surface area contributed by atoms with E-state index in [2.05, 4.69) is 367 Å². The molecule has 12 aromatic carbocycles. The molecule has 0 bridgehead atoms. The van der Waals surface area contributed by atoms with E-state index in [0.717, 1.165) is 179 Å². The molecule has 18 aromatic rings. The van der Waals surface area contributed by atoms with Gasteiger partial charge >= 0.3 is 40.2 Å². The number of hydrogen-bond acceptors (Lipinski definition) is 6. The average molecular weight is 1870 g/mol. The van der Waals surface area contributed by atoms with Gasteiger partial charge in [0, 0.05) is 24.8 Å². The van der Waals surface area contributed by atoms with Gasteiger partial charge in [0.2, 0.25) is 0 Å². The number of aromatic nitrogens is 6. The summed E-state index contributed by atoms with van der Waals surface area (Å²) in [5.41, 5.74) is 36.3. The minimum atomic E-state index is -0.0163. The molecular formula is C110H78Ir2N6. The summed E-state index contributed by atoms with van der Waals surface area (Å²) in [6.45, 7) is 13.4. The first-order chi connectivity index (χ1) is 56.7. The van der Waals surface area contributed by atoms with Crippen molar-refractivity contribution in [3.8, 4) is 190 Å². The molecule has 0 radical (unpaired) electrons. The van der Waals surface area contributed by atoms with E-state index in [1.807, 2.05) is 85.7 Å². The van der Waals surface area contributed by atoms with Crippen LogP contribution in [0.25, 0.3) is 190 Å². The topological polar surface area (TPSA) is 77.3 Å². The molecule has 6 nitrogen and oxygen atoms in total.